The fraction of sp³-hybridized carbons (Fsp3) is 0.267. The minimum absolute atomic E-state index is 0. The molecule has 5 heteroatoms. The number of carbonyl (C=O) groups excluding carboxylic acids is 1. The Labute approximate surface area is 129 Å². The summed E-state index contributed by atoms with van der Waals surface area (Å²) >= 11 is 1.72. The number of rotatable bonds is 6. The van der Waals surface area contributed by atoms with Crippen LogP contribution in [0.2, 0.25) is 0 Å². The largest absolute Gasteiger partial charge is 0.376 e. The molecule has 1 unspecified atom stereocenters. The van der Waals surface area contributed by atoms with Gasteiger partial charge in [-0.05, 0) is 30.5 Å². The molecule has 0 bridgehead atoms. The molecule has 20 heavy (non-hydrogen) atoms. The van der Waals surface area contributed by atoms with Crippen LogP contribution in [0.5, 0.6) is 0 Å². The molecule has 1 amide bonds. The Morgan fingerprint density at radius 2 is 1.95 bits per heavy atom. The number of thiophene rings is 1. The lowest BCUT2D eigenvalue weighted by atomic mass is 10.2. The zero-order valence-electron chi connectivity index (χ0n) is 11.3. The highest BCUT2D eigenvalue weighted by atomic mass is 35.5. The fourth-order valence-corrected chi connectivity index (χ4v) is 2.68. The van der Waals surface area contributed by atoms with Crippen LogP contribution in [0.3, 0.4) is 0 Å². The molecule has 2 N–H and O–H groups in total. The Bertz CT molecular complexity index is 502. The second-order valence-corrected chi connectivity index (χ2v) is 5.50. The van der Waals surface area contributed by atoms with E-state index in [-0.39, 0.29) is 24.4 Å². The van der Waals surface area contributed by atoms with Gasteiger partial charge in [0.1, 0.15) is 0 Å². The molecule has 1 aromatic carbocycles. The molecular formula is C15H19ClN2OS. The van der Waals surface area contributed by atoms with Crippen LogP contribution in [0.15, 0.2) is 47.8 Å². The van der Waals surface area contributed by atoms with Crippen LogP contribution in [0.25, 0.3) is 0 Å². The van der Waals surface area contributed by atoms with Gasteiger partial charge in [0.05, 0.1) is 6.54 Å². The zero-order chi connectivity index (χ0) is 13.5. The van der Waals surface area contributed by atoms with Crippen LogP contribution < -0.4 is 10.6 Å². The first-order valence-corrected chi connectivity index (χ1v) is 7.22. The van der Waals surface area contributed by atoms with Crippen molar-refractivity contribution < 1.29 is 4.79 Å². The van der Waals surface area contributed by atoms with Gasteiger partial charge in [-0.3, -0.25) is 4.79 Å². The zero-order valence-corrected chi connectivity index (χ0v) is 13.0. The normalized spacial score (nSPS) is 11.2. The molecule has 2 rings (SSSR count). The molecule has 0 aliphatic rings. The maximum atomic E-state index is 11.8. The molecule has 1 aromatic heterocycles. The van der Waals surface area contributed by atoms with Crippen LogP contribution in [0, 0.1) is 0 Å². The monoisotopic (exact) mass is 310 g/mol. The van der Waals surface area contributed by atoms with Gasteiger partial charge in [0.25, 0.3) is 0 Å². The van der Waals surface area contributed by atoms with Crippen LogP contribution in [0.1, 0.15) is 11.8 Å². The van der Waals surface area contributed by atoms with E-state index in [0.717, 1.165) is 12.1 Å². The number of hydrogen-bond donors (Lipinski definition) is 2. The number of hydrogen-bond acceptors (Lipinski definition) is 3. The van der Waals surface area contributed by atoms with E-state index in [1.165, 1.54) is 4.88 Å². The van der Waals surface area contributed by atoms with Crippen LogP contribution >= 0.6 is 23.7 Å². The topological polar surface area (TPSA) is 41.1 Å². The summed E-state index contributed by atoms with van der Waals surface area (Å²) in [7, 11) is 0. The molecule has 0 radical (unpaired) electrons. The van der Waals surface area contributed by atoms with E-state index in [1.807, 2.05) is 43.3 Å². The van der Waals surface area contributed by atoms with Crippen molar-refractivity contribution in [2.24, 2.45) is 0 Å². The average molecular weight is 311 g/mol. The number of halogens is 1. The van der Waals surface area contributed by atoms with Gasteiger partial charge in [-0.2, -0.15) is 0 Å². The van der Waals surface area contributed by atoms with Gasteiger partial charge in [-0.15, -0.1) is 23.7 Å². The minimum atomic E-state index is 0. The van der Waals surface area contributed by atoms with E-state index in [2.05, 4.69) is 22.1 Å². The van der Waals surface area contributed by atoms with E-state index in [4.69, 9.17) is 0 Å². The lowest BCUT2D eigenvalue weighted by molar-refractivity contribution is -0.119. The quantitative estimate of drug-likeness (QED) is 0.859. The molecule has 0 spiro atoms. The van der Waals surface area contributed by atoms with Crippen molar-refractivity contribution >= 4 is 35.3 Å². The van der Waals surface area contributed by atoms with Crippen molar-refractivity contribution in [1.29, 1.82) is 0 Å². The van der Waals surface area contributed by atoms with Gasteiger partial charge in [0.15, 0.2) is 0 Å². The molecule has 0 saturated carbocycles. The number of nitrogens with one attached hydrogen (secondary N) is 2. The average Bonchev–Trinajstić information content (AvgIpc) is 2.90. The summed E-state index contributed by atoms with van der Waals surface area (Å²) in [6.45, 7) is 2.33. The number of amides is 1. The third-order valence-corrected chi connectivity index (χ3v) is 3.62. The Morgan fingerprint density at radius 3 is 2.60 bits per heavy atom. The summed E-state index contributed by atoms with van der Waals surface area (Å²) < 4.78 is 0. The van der Waals surface area contributed by atoms with E-state index in [0.29, 0.717) is 6.54 Å². The molecular weight excluding hydrogens is 292 g/mol. The molecule has 1 atom stereocenters. The van der Waals surface area contributed by atoms with Crippen LogP contribution in [0.4, 0.5) is 5.69 Å². The third kappa shape index (κ3) is 5.63. The summed E-state index contributed by atoms with van der Waals surface area (Å²) in [6.07, 6.45) is 0.884. The highest BCUT2D eigenvalue weighted by Gasteiger charge is 2.08. The maximum absolute atomic E-state index is 11.8. The molecule has 0 aliphatic carbocycles. The Hall–Kier alpha value is -1.52. The summed E-state index contributed by atoms with van der Waals surface area (Å²) in [5.74, 6) is 0.0212. The Morgan fingerprint density at radius 1 is 1.20 bits per heavy atom. The van der Waals surface area contributed by atoms with E-state index < -0.39 is 0 Å². The molecule has 3 nitrogen and oxygen atoms in total. The molecule has 0 aliphatic heterocycles. The summed E-state index contributed by atoms with van der Waals surface area (Å²) in [5, 5.41) is 8.15. The Kier molecular flexibility index (Phi) is 7.12. The predicted octanol–water partition coefficient (Wildman–Crippen LogP) is 3.33. The predicted molar refractivity (Wildman–Crippen MR) is 87.8 cm³/mol. The first kappa shape index (κ1) is 16.5. The minimum Gasteiger partial charge on any atom is -0.376 e. The second kappa shape index (κ2) is 8.61. The van der Waals surface area contributed by atoms with E-state index in [1.54, 1.807) is 11.3 Å². The Balaban J connectivity index is 0.00000200. The first-order valence-electron chi connectivity index (χ1n) is 6.34. The van der Waals surface area contributed by atoms with Crippen molar-refractivity contribution in [3.05, 3.63) is 52.7 Å². The standard InChI is InChI=1S/C15H18N2OS.ClH/c1-12(10-14-8-5-9-19-14)17-15(18)11-16-13-6-3-2-4-7-13;/h2-9,12,16H,10-11H2,1H3,(H,17,18);1H. The maximum Gasteiger partial charge on any atom is 0.239 e. The van der Waals surface area contributed by atoms with Crippen molar-refractivity contribution in [2.45, 2.75) is 19.4 Å². The molecule has 108 valence electrons. The van der Waals surface area contributed by atoms with Crippen LogP contribution in [-0.2, 0) is 11.2 Å². The fourth-order valence-electron chi connectivity index (χ4n) is 1.85. The van der Waals surface area contributed by atoms with Gasteiger partial charge < -0.3 is 10.6 Å². The van der Waals surface area contributed by atoms with Gasteiger partial charge in [0.2, 0.25) is 5.91 Å². The van der Waals surface area contributed by atoms with Gasteiger partial charge in [0, 0.05) is 23.0 Å². The first-order chi connectivity index (χ1) is 9.24. The molecule has 1 heterocycles. The van der Waals surface area contributed by atoms with E-state index in [9.17, 15) is 4.79 Å². The number of para-hydroxylation sites is 1. The molecule has 0 saturated heterocycles. The second-order valence-electron chi connectivity index (χ2n) is 4.47. The summed E-state index contributed by atoms with van der Waals surface area (Å²) in [6, 6.07) is 14.0. The van der Waals surface area contributed by atoms with Gasteiger partial charge in [-0.25, -0.2) is 0 Å². The molecule has 0 fully saturated rings. The number of carbonyl (C=O) groups is 1. The van der Waals surface area contributed by atoms with Crippen molar-refractivity contribution in [2.75, 3.05) is 11.9 Å². The van der Waals surface area contributed by atoms with Crippen LogP contribution in [-0.4, -0.2) is 18.5 Å². The lowest BCUT2D eigenvalue weighted by Gasteiger charge is -2.13. The molecule has 2 aromatic rings. The SMILES string of the molecule is CC(Cc1cccs1)NC(=O)CNc1ccccc1.Cl. The van der Waals surface area contributed by atoms with Crippen molar-refractivity contribution in [3.8, 4) is 0 Å². The number of benzene rings is 1. The van der Waals surface area contributed by atoms with Crippen molar-refractivity contribution in [3.63, 3.8) is 0 Å². The highest BCUT2D eigenvalue weighted by molar-refractivity contribution is 7.09. The third-order valence-electron chi connectivity index (χ3n) is 2.72. The van der Waals surface area contributed by atoms with E-state index >= 15 is 0 Å². The summed E-state index contributed by atoms with van der Waals surface area (Å²) in [5.41, 5.74) is 0.962. The summed E-state index contributed by atoms with van der Waals surface area (Å²) in [4.78, 5) is 13.1. The lowest BCUT2D eigenvalue weighted by Crippen LogP contribution is -2.37. The smallest absolute Gasteiger partial charge is 0.239 e. The van der Waals surface area contributed by atoms with Gasteiger partial charge >= 0.3 is 0 Å². The highest BCUT2D eigenvalue weighted by Crippen LogP contribution is 2.10. The number of anilines is 1. The van der Waals surface area contributed by atoms with Crippen molar-refractivity contribution in [1.82, 2.24) is 5.32 Å². The van der Waals surface area contributed by atoms with Gasteiger partial charge in [-0.1, -0.05) is 24.3 Å².